The summed E-state index contributed by atoms with van der Waals surface area (Å²) in [7, 11) is 0. The molecule has 0 radical (unpaired) electrons. The van der Waals surface area contributed by atoms with Crippen molar-refractivity contribution in [2.75, 3.05) is 26.2 Å². The van der Waals surface area contributed by atoms with E-state index in [0.29, 0.717) is 6.04 Å². The molecular weight excluding hydrogens is 288 g/mol. The Hall–Kier alpha value is -0.640. The van der Waals surface area contributed by atoms with Crippen molar-refractivity contribution in [3.63, 3.8) is 0 Å². The third-order valence-electron chi connectivity index (χ3n) is 3.37. The summed E-state index contributed by atoms with van der Waals surface area (Å²) in [6.07, 6.45) is 1.04. The van der Waals surface area contributed by atoms with Gasteiger partial charge in [0, 0.05) is 36.7 Å². The van der Waals surface area contributed by atoms with Crippen molar-refractivity contribution in [3.8, 4) is 0 Å². The first-order valence-electron chi connectivity index (χ1n) is 6.51. The molecule has 0 amide bonds. The maximum Gasteiger partial charge on any atom is 0.0386 e. The summed E-state index contributed by atoms with van der Waals surface area (Å²) in [5.74, 6) is 0. The first-order valence-corrected chi connectivity index (χ1v) is 7.31. The van der Waals surface area contributed by atoms with Crippen LogP contribution >= 0.6 is 15.9 Å². The molecule has 0 saturated carbocycles. The van der Waals surface area contributed by atoms with Crippen LogP contribution in [0, 0.1) is 0 Å². The summed E-state index contributed by atoms with van der Waals surface area (Å²) >= 11 is 3.57. The summed E-state index contributed by atoms with van der Waals surface area (Å²) in [5, 5.41) is 3.41. The third kappa shape index (κ3) is 3.67. The topological polar surface area (TPSA) is 15.3 Å². The van der Waals surface area contributed by atoms with Crippen LogP contribution in [0.5, 0.6) is 0 Å². The van der Waals surface area contributed by atoms with Gasteiger partial charge in [-0.05, 0) is 31.0 Å². The lowest BCUT2D eigenvalue weighted by Crippen LogP contribution is -2.45. The largest absolute Gasteiger partial charge is 0.314 e. The Bertz CT molecular complexity index is 411. The van der Waals surface area contributed by atoms with Gasteiger partial charge in [0.25, 0.3) is 0 Å². The average Bonchev–Trinajstić information content (AvgIpc) is 2.37. The summed E-state index contributed by atoms with van der Waals surface area (Å²) in [4.78, 5) is 2.56. The van der Waals surface area contributed by atoms with Crippen LogP contribution in [0.25, 0.3) is 0 Å². The summed E-state index contributed by atoms with van der Waals surface area (Å²) in [6.45, 7) is 10.6. The molecule has 1 fully saturated rings. The van der Waals surface area contributed by atoms with E-state index in [1.54, 1.807) is 0 Å². The molecule has 98 valence electrons. The van der Waals surface area contributed by atoms with Gasteiger partial charge in [0.2, 0.25) is 0 Å². The van der Waals surface area contributed by atoms with E-state index in [0.717, 1.165) is 37.1 Å². The van der Waals surface area contributed by atoms with Gasteiger partial charge < -0.3 is 5.32 Å². The zero-order chi connectivity index (χ0) is 13.0. The van der Waals surface area contributed by atoms with Crippen LogP contribution in [-0.4, -0.2) is 31.1 Å². The highest BCUT2D eigenvalue weighted by atomic mass is 79.9. The van der Waals surface area contributed by atoms with Gasteiger partial charge in [0.1, 0.15) is 0 Å². The Morgan fingerprint density at radius 3 is 2.78 bits per heavy atom. The van der Waals surface area contributed by atoms with E-state index in [1.807, 2.05) is 0 Å². The maximum atomic E-state index is 4.08. The van der Waals surface area contributed by atoms with Gasteiger partial charge in [0.15, 0.2) is 0 Å². The van der Waals surface area contributed by atoms with Crippen molar-refractivity contribution in [3.05, 3.63) is 46.5 Å². The first kappa shape index (κ1) is 13.8. The van der Waals surface area contributed by atoms with Crippen LogP contribution in [0.1, 0.15) is 24.9 Å². The highest BCUT2D eigenvalue weighted by Gasteiger charge is 2.22. The molecule has 1 N–H and O–H groups in total. The molecule has 1 aliphatic rings. The van der Waals surface area contributed by atoms with Crippen LogP contribution in [0.3, 0.4) is 0 Å². The van der Waals surface area contributed by atoms with Crippen molar-refractivity contribution < 1.29 is 0 Å². The van der Waals surface area contributed by atoms with Crippen molar-refractivity contribution in [1.82, 2.24) is 10.2 Å². The van der Waals surface area contributed by atoms with E-state index in [-0.39, 0.29) is 0 Å². The maximum absolute atomic E-state index is 4.08. The molecule has 18 heavy (non-hydrogen) atoms. The lowest BCUT2D eigenvalue weighted by atomic mass is 9.98. The average molecular weight is 309 g/mol. The highest BCUT2D eigenvalue weighted by Crippen LogP contribution is 2.29. The zero-order valence-corrected chi connectivity index (χ0v) is 12.5. The normalized spacial score (nSPS) is 18.6. The van der Waals surface area contributed by atoms with Gasteiger partial charge in [-0.25, -0.2) is 0 Å². The van der Waals surface area contributed by atoms with E-state index in [1.165, 1.54) is 11.1 Å². The molecule has 1 aromatic carbocycles. The minimum Gasteiger partial charge on any atom is -0.314 e. The number of halogens is 1. The van der Waals surface area contributed by atoms with Crippen LogP contribution < -0.4 is 5.32 Å². The minimum absolute atomic E-state index is 0.460. The fourth-order valence-corrected chi connectivity index (χ4v) is 2.91. The Morgan fingerprint density at radius 1 is 1.44 bits per heavy atom. The van der Waals surface area contributed by atoms with Gasteiger partial charge in [-0.2, -0.15) is 0 Å². The van der Waals surface area contributed by atoms with Gasteiger partial charge in [-0.1, -0.05) is 33.6 Å². The predicted octanol–water partition coefficient (Wildman–Crippen LogP) is 3.36. The molecule has 0 aliphatic carbocycles. The number of hydrogen-bond acceptors (Lipinski definition) is 2. The molecule has 1 aliphatic heterocycles. The molecule has 2 nitrogen and oxygen atoms in total. The quantitative estimate of drug-likeness (QED) is 0.858. The Kier molecular flexibility index (Phi) is 4.98. The molecule has 1 heterocycles. The summed E-state index contributed by atoms with van der Waals surface area (Å²) in [6, 6.07) is 9.12. The number of hydrogen-bond donors (Lipinski definition) is 1. The molecule has 1 atom stereocenters. The molecule has 2 rings (SSSR count). The van der Waals surface area contributed by atoms with E-state index in [4.69, 9.17) is 0 Å². The zero-order valence-electron chi connectivity index (χ0n) is 11.0. The molecule has 1 aromatic rings. The van der Waals surface area contributed by atoms with Gasteiger partial charge in [-0.15, -0.1) is 6.58 Å². The number of piperazine rings is 1. The van der Waals surface area contributed by atoms with E-state index in [9.17, 15) is 0 Å². The fourth-order valence-electron chi connectivity index (χ4n) is 2.50. The number of nitrogens with one attached hydrogen (secondary N) is 1. The minimum atomic E-state index is 0.460. The molecule has 0 unspecified atom stereocenters. The Labute approximate surface area is 118 Å². The summed E-state index contributed by atoms with van der Waals surface area (Å²) in [5.41, 5.74) is 2.63. The second-order valence-corrected chi connectivity index (χ2v) is 5.93. The standard InChI is InChI=1S/C15H21BrN2/c1-12(2)10-15(18-8-6-17-7-9-18)13-4-3-5-14(16)11-13/h3-5,11,15,17H,1,6-10H2,2H3/t15-/m0/s1. The second-order valence-electron chi connectivity index (χ2n) is 5.02. The second kappa shape index (κ2) is 6.50. The van der Waals surface area contributed by atoms with Crippen LogP contribution in [-0.2, 0) is 0 Å². The van der Waals surface area contributed by atoms with Crippen LogP contribution in [0.15, 0.2) is 40.9 Å². The first-order chi connectivity index (χ1) is 8.66. The van der Waals surface area contributed by atoms with Gasteiger partial charge in [0.05, 0.1) is 0 Å². The summed E-state index contributed by atoms with van der Waals surface area (Å²) < 4.78 is 1.15. The molecule has 3 heteroatoms. The lowest BCUT2D eigenvalue weighted by molar-refractivity contribution is 0.172. The molecular formula is C15H21BrN2. The van der Waals surface area contributed by atoms with E-state index < -0.39 is 0 Å². The number of nitrogens with zero attached hydrogens (tertiary/aromatic N) is 1. The monoisotopic (exact) mass is 308 g/mol. The van der Waals surface area contributed by atoms with Gasteiger partial charge >= 0.3 is 0 Å². The van der Waals surface area contributed by atoms with E-state index in [2.05, 4.69) is 63.9 Å². The van der Waals surface area contributed by atoms with Crippen molar-refractivity contribution >= 4 is 15.9 Å². The van der Waals surface area contributed by atoms with Gasteiger partial charge in [-0.3, -0.25) is 4.90 Å². The fraction of sp³-hybridized carbons (Fsp3) is 0.467. The van der Waals surface area contributed by atoms with Crippen LogP contribution in [0.2, 0.25) is 0 Å². The van der Waals surface area contributed by atoms with Crippen molar-refractivity contribution in [1.29, 1.82) is 0 Å². The number of benzene rings is 1. The lowest BCUT2D eigenvalue weighted by Gasteiger charge is -2.35. The highest BCUT2D eigenvalue weighted by molar-refractivity contribution is 9.10. The van der Waals surface area contributed by atoms with Crippen molar-refractivity contribution in [2.45, 2.75) is 19.4 Å². The molecule has 0 bridgehead atoms. The van der Waals surface area contributed by atoms with Crippen molar-refractivity contribution in [2.24, 2.45) is 0 Å². The molecule has 0 aromatic heterocycles. The number of rotatable bonds is 4. The van der Waals surface area contributed by atoms with Crippen LogP contribution in [0.4, 0.5) is 0 Å². The SMILES string of the molecule is C=C(C)C[C@@H](c1cccc(Br)c1)N1CCNCC1. The smallest absolute Gasteiger partial charge is 0.0386 e. The Balaban J connectivity index is 2.20. The van der Waals surface area contributed by atoms with E-state index >= 15 is 0 Å². The Morgan fingerprint density at radius 2 is 2.17 bits per heavy atom. The molecule has 0 spiro atoms. The third-order valence-corrected chi connectivity index (χ3v) is 3.86. The predicted molar refractivity (Wildman–Crippen MR) is 80.8 cm³/mol. The molecule has 1 saturated heterocycles.